The first-order valence-corrected chi connectivity index (χ1v) is 8.87. The van der Waals surface area contributed by atoms with Gasteiger partial charge in [0.15, 0.2) is 0 Å². The number of hydrogen-bond donors (Lipinski definition) is 1. The highest BCUT2D eigenvalue weighted by atomic mass is 79.9. The molecule has 2 aromatic rings. The van der Waals surface area contributed by atoms with Crippen LogP contribution in [-0.2, 0) is 6.42 Å². The predicted molar refractivity (Wildman–Crippen MR) is 93.9 cm³/mol. The molecule has 1 unspecified atom stereocenters. The highest BCUT2D eigenvalue weighted by Crippen LogP contribution is 2.29. The van der Waals surface area contributed by atoms with Crippen molar-refractivity contribution in [3.8, 4) is 0 Å². The lowest BCUT2D eigenvalue weighted by molar-refractivity contribution is 0.532. The molecule has 2 nitrogen and oxygen atoms in total. The van der Waals surface area contributed by atoms with Crippen LogP contribution in [0.15, 0.2) is 43.9 Å². The van der Waals surface area contributed by atoms with Gasteiger partial charge in [0.05, 0.1) is 11.7 Å². The van der Waals surface area contributed by atoms with E-state index in [-0.39, 0.29) is 11.9 Å². The van der Waals surface area contributed by atoms with Crippen LogP contribution in [-0.4, -0.2) is 11.5 Å². The molecular formula is C15H14Br3FN2. The van der Waals surface area contributed by atoms with Crippen molar-refractivity contribution in [1.82, 2.24) is 10.3 Å². The van der Waals surface area contributed by atoms with Gasteiger partial charge in [-0.1, -0.05) is 28.9 Å². The fraction of sp³-hybridized carbons (Fsp3) is 0.267. The standard InChI is InChI=1S/C15H14Br3FN2/c1-2-20-14(15-13(18)6-10(16)8-21-15)5-9-3-4-11(19)7-12(9)17/h3-4,6-8,14,20H,2,5H2,1H3. The first kappa shape index (κ1) is 17.1. The second-order valence-electron chi connectivity index (χ2n) is 4.57. The highest BCUT2D eigenvalue weighted by molar-refractivity contribution is 9.11. The average molecular weight is 481 g/mol. The molecule has 0 aliphatic carbocycles. The number of nitrogens with one attached hydrogen (secondary N) is 1. The molecule has 0 fully saturated rings. The van der Waals surface area contributed by atoms with E-state index in [0.717, 1.165) is 37.6 Å². The van der Waals surface area contributed by atoms with E-state index in [1.54, 1.807) is 12.3 Å². The monoisotopic (exact) mass is 478 g/mol. The van der Waals surface area contributed by atoms with Crippen molar-refractivity contribution in [2.75, 3.05) is 6.54 Å². The number of likely N-dealkylation sites (N-methyl/N-ethyl adjacent to an activating group) is 1. The lowest BCUT2D eigenvalue weighted by Gasteiger charge is -2.19. The van der Waals surface area contributed by atoms with Gasteiger partial charge in [-0.05, 0) is 68.6 Å². The normalized spacial score (nSPS) is 12.4. The minimum absolute atomic E-state index is 0.0548. The van der Waals surface area contributed by atoms with Crippen LogP contribution in [0.1, 0.15) is 24.2 Å². The third kappa shape index (κ3) is 4.58. The van der Waals surface area contributed by atoms with Gasteiger partial charge in [-0.25, -0.2) is 4.39 Å². The first-order chi connectivity index (χ1) is 10.0. The van der Waals surface area contributed by atoms with Gasteiger partial charge < -0.3 is 5.32 Å². The summed E-state index contributed by atoms with van der Waals surface area (Å²) in [6.45, 7) is 2.88. The molecule has 1 heterocycles. The molecule has 1 N–H and O–H groups in total. The molecule has 0 saturated carbocycles. The predicted octanol–water partition coefficient (Wildman–Crippen LogP) is 5.40. The topological polar surface area (TPSA) is 24.9 Å². The second kappa shape index (κ2) is 7.81. The summed E-state index contributed by atoms with van der Waals surface area (Å²) in [6.07, 6.45) is 2.51. The van der Waals surface area contributed by atoms with Gasteiger partial charge in [0.1, 0.15) is 5.82 Å². The van der Waals surface area contributed by atoms with E-state index >= 15 is 0 Å². The third-order valence-corrected chi connectivity index (χ3v) is 4.86. The Balaban J connectivity index is 2.30. The molecule has 0 aliphatic rings. The molecule has 112 valence electrons. The summed E-state index contributed by atoms with van der Waals surface area (Å²) in [5, 5.41) is 3.43. The Morgan fingerprint density at radius 3 is 2.57 bits per heavy atom. The minimum atomic E-state index is -0.242. The zero-order valence-corrected chi connectivity index (χ0v) is 16.1. The van der Waals surface area contributed by atoms with Crippen LogP contribution in [0.2, 0.25) is 0 Å². The Morgan fingerprint density at radius 1 is 1.19 bits per heavy atom. The van der Waals surface area contributed by atoms with E-state index in [9.17, 15) is 4.39 Å². The summed E-state index contributed by atoms with van der Waals surface area (Å²) < 4.78 is 15.8. The van der Waals surface area contributed by atoms with Crippen molar-refractivity contribution in [3.05, 3.63) is 61.0 Å². The molecule has 0 aliphatic heterocycles. The van der Waals surface area contributed by atoms with E-state index in [0.29, 0.717) is 0 Å². The lowest BCUT2D eigenvalue weighted by atomic mass is 10.0. The van der Waals surface area contributed by atoms with Gasteiger partial charge in [0, 0.05) is 19.6 Å². The molecule has 1 aromatic heterocycles. The first-order valence-electron chi connectivity index (χ1n) is 6.49. The molecular weight excluding hydrogens is 467 g/mol. The van der Waals surface area contributed by atoms with E-state index in [1.807, 2.05) is 6.07 Å². The van der Waals surface area contributed by atoms with Gasteiger partial charge in [0.25, 0.3) is 0 Å². The number of rotatable bonds is 5. The largest absolute Gasteiger partial charge is 0.309 e. The van der Waals surface area contributed by atoms with Gasteiger partial charge >= 0.3 is 0 Å². The number of aromatic nitrogens is 1. The Bertz CT molecular complexity index is 634. The summed E-state index contributed by atoms with van der Waals surface area (Å²) in [4.78, 5) is 4.49. The van der Waals surface area contributed by atoms with Gasteiger partial charge in [-0.3, -0.25) is 4.98 Å². The fourth-order valence-electron chi connectivity index (χ4n) is 2.10. The van der Waals surface area contributed by atoms with Gasteiger partial charge in [-0.15, -0.1) is 0 Å². The van der Waals surface area contributed by atoms with Crippen molar-refractivity contribution in [2.24, 2.45) is 0 Å². The zero-order valence-electron chi connectivity index (χ0n) is 11.3. The van der Waals surface area contributed by atoms with E-state index in [4.69, 9.17) is 0 Å². The Kier molecular flexibility index (Phi) is 6.34. The average Bonchev–Trinajstić information content (AvgIpc) is 2.41. The van der Waals surface area contributed by atoms with Crippen molar-refractivity contribution >= 4 is 47.8 Å². The number of halogens is 4. The van der Waals surface area contributed by atoms with E-state index < -0.39 is 0 Å². The van der Waals surface area contributed by atoms with Crippen LogP contribution < -0.4 is 5.32 Å². The van der Waals surface area contributed by atoms with Gasteiger partial charge in [0.2, 0.25) is 0 Å². The zero-order chi connectivity index (χ0) is 15.4. The molecule has 1 atom stereocenters. The van der Waals surface area contributed by atoms with Crippen LogP contribution in [0.4, 0.5) is 4.39 Å². The van der Waals surface area contributed by atoms with E-state index in [1.165, 1.54) is 12.1 Å². The van der Waals surface area contributed by atoms with Crippen LogP contribution in [0.3, 0.4) is 0 Å². The summed E-state index contributed by atoms with van der Waals surface area (Å²) in [5.41, 5.74) is 1.98. The molecule has 2 rings (SSSR count). The molecule has 1 aromatic carbocycles. The molecule has 6 heteroatoms. The highest BCUT2D eigenvalue weighted by Gasteiger charge is 2.17. The van der Waals surface area contributed by atoms with Gasteiger partial charge in [-0.2, -0.15) is 0 Å². The smallest absolute Gasteiger partial charge is 0.124 e. The van der Waals surface area contributed by atoms with Crippen LogP contribution in [0.5, 0.6) is 0 Å². The number of hydrogen-bond acceptors (Lipinski definition) is 2. The number of pyridine rings is 1. The summed E-state index contributed by atoms with van der Waals surface area (Å²) in [7, 11) is 0. The van der Waals surface area contributed by atoms with Crippen LogP contribution >= 0.6 is 47.8 Å². The summed E-state index contributed by atoms with van der Waals surface area (Å²) in [5.74, 6) is -0.242. The SMILES string of the molecule is CCNC(Cc1ccc(F)cc1Br)c1ncc(Br)cc1Br. The molecule has 0 spiro atoms. The van der Waals surface area contributed by atoms with E-state index in [2.05, 4.69) is 65.0 Å². The quantitative estimate of drug-likeness (QED) is 0.619. The second-order valence-corrected chi connectivity index (χ2v) is 7.20. The van der Waals surface area contributed by atoms with Crippen LogP contribution in [0.25, 0.3) is 0 Å². The molecule has 21 heavy (non-hydrogen) atoms. The molecule has 0 saturated heterocycles. The summed E-state index contributed by atoms with van der Waals surface area (Å²) in [6, 6.07) is 6.80. The molecule has 0 amide bonds. The summed E-state index contributed by atoms with van der Waals surface area (Å²) >= 11 is 10.4. The van der Waals surface area contributed by atoms with Crippen LogP contribution in [0, 0.1) is 5.82 Å². The Morgan fingerprint density at radius 2 is 1.95 bits per heavy atom. The van der Waals surface area contributed by atoms with Crippen molar-refractivity contribution in [3.63, 3.8) is 0 Å². The maximum absolute atomic E-state index is 13.2. The Hall–Kier alpha value is -0.300. The number of nitrogens with zero attached hydrogens (tertiary/aromatic N) is 1. The van der Waals surface area contributed by atoms with Crippen molar-refractivity contribution < 1.29 is 4.39 Å². The van der Waals surface area contributed by atoms with Crippen molar-refractivity contribution in [1.29, 1.82) is 0 Å². The minimum Gasteiger partial charge on any atom is -0.309 e. The third-order valence-electron chi connectivity index (χ3n) is 3.06. The maximum Gasteiger partial charge on any atom is 0.124 e. The molecule has 0 bridgehead atoms. The fourth-order valence-corrected chi connectivity index (χ4v) is 3.88. The molecule has 0 radical (unpaired) electrons. The van der Waals surface area contributed by atoms with Crippen molar-refractivity contribution in [2.45, 2.75) is 19.4 Å². The maximum atomic E-state index is 13.2. The lowest BCUT2D eigenvalue weighted by Crippen LogP contribution is -2.24. The Labute approximate surface area is 148 Å². The number of benzene rings is 1.